The number of hydrogen-bond acceptors (Lipinski definition) is 3. The Hall–Kier alpha value is -0.410. The Morgan fingerprint density at radius 3 is 1.33 bits per heavy atom. The third-order valence-corrected chi connectivity index (χ3v) is 1.07. The monoisotopic (exact) mass is 176 g/mol. The van der Waals surface area contributed by atoms with Gasteiger partial charge in [0.15, 0.2) is 0 Å². The molecule has 0 aromatic rings. The average Bonchev–Trinajstić information content (AvgIpc) is 1.97. The Bertz CT molecular complexity index is 81.8. The lowest BCUT2D eigenvalue weighted by atomic mass is 10.2. The highest BCUT2D eigenvalue weighted by Gasteiger charge is 1.84. The van der Waals surface area contributed by atoms with Crippen LogP contribution < -0.4 is 0 Å². The summed E-state index contributed by atoms with van der Waals surface area (Å²) in [5, 5.41) is 16.6. The fourth-order valence-electron chi connectivity index (χ4n) is 0.577. The topological polar surface area (TPSA) is 57.5 Å². The van der Waals surface area contributed by atoms with Gasteiger partial charge in [-0.3, -0.25) is 0 Å². The molecule has 0 aliphatic carbocycles. The highest BCUT2D eigenvalue weighted by molar-refractivity contribution is 5.72. The molecule has 0 spiro atoms. The van der Waals surface area contributed by atoms with E-state index in [1.165, 1.54) is 13.8 Å². The standard InChI is InChI=1S/C6H14O2.C3H6O/c7-5-3-1-2-4-6-8;1-3(2)4/h7-8H,1-6H2;1-2H3. The smallest absolute Gasteiger partial charge is 0.126 e. The molecule has 0 aromatic heterocycles. The van der Waals surface area contributed by atoms with Gasteiger partial charge in [0.2, 0.25) is 0 Å². The van der Waals surface area contributed by atoms with Crippen molar-refractivity contribution in [2.75, 3.05) is 13.2 Å². The van der Waals surface area contributed by atoms with E-state index in [0.29, 0.717) is 0 Å². The molecule has 12 heavy (non-hydrogen) atoms. The first-order chi connectivity index (χ1) is 5.65. The second-order valence-electron chi connectivity index (χ2n) is 2.77. The van der Waals surface area contributed by atoms with Gasteiger partial charge in [-0.2, -0.15) is 0 Å². The van der Waals surface area contributed by atoms with Gasteiger partial charge in [0.05, 0.1) is 0 Å². The van der Waals surface area contributed by atoms with Crippen molar-refractivity contribution >= 4 is 5.78 Å². The lowest BCUT2D eigenvalue weighted by Gasteiger charge is -1.93. The summed E-state index contributed by atoms with van der Waals surface area (Å²) in [6.45, 7) is 3.62. The molecule has 0 bridgehead atoms. The van der Waals surface area contributed by atoms with Crippen molar-refractivity contribution in [1.29, 1.82) is 0 Å². The molecule has 3 nitrogen and oxygen atoms in total. The van der Waals surface area contributed by atoms with E-state index in [0.717, 1.165) is 25.7 Å². The first-order valence-corrected chi connectivity index (χ1v) is 4.34. The first kappa shape index (κ1) is 14.1. The first-order valence-electron chi connectivity index (χ1n) is 4.34. The van der Waals surface area contributed by atoms with E-state index in [2.05, 4.69) is 0 Å². The van der Waals surface area contributed by atoms with E-state index in [1.807, 2.05) is 0 Å². The Kier molecular flexibility index (Phi) is 15.5. The van der Waals surface area contributed by atoms with Gasteiger partial charge in [0.25, 0.3) is 0 Å². The quantitative estimate of drug-likeness (QED) is 0.617. The molecule has 0 fully saturated rings. The maximum absolute atomic E-state index is 9.44. The SMILES string of the molecule is CC(C)=O.OCCCCCCO. The van der Waals surface area contributed by atoms with Crippen LogP contribution in [0.2, 0.25) is 0 Å². The minimum atomic E-state index is 0.167. The van der Waals surface area contributed by atoms with Crippen molar-refractivity contribution in [2.24, 2.45) is 0 Å². The van der Waals surface area contributed by atoms with E-state index in [1.54, 1.807) is 0 Å². The lowest BCUT2D eigenvalue weighted by Crippen LogP contribution is -1.85. The maximum atomic E-state index is 9.44. The van der Waals surface area contributed by atoms with Gasteiger partial charge in [-0.05, 0) is 26.7 Å². The molecule has 0 atom stereocenters. The predicted octanol–water partition coefficient (Wildman–Crippen LogP) is 1.13. The third-order valence-electron chi connectivity index (χ3n) is 1.07. The maximum Gasteiger partial charge on any atom is 0.126 e. The summed E-state index contributed by atoms with van der Waals surface area (Å²) < 4.78 is 0. The van der Waals surface area contributed by atoms with E-state index in [-0.39, 0.29) is 19.0 Å². The van der Waals surface area contributed by atoms with Gasteiger partial charge in [0, 0.05) is 13.2 Å². The van der Waals surface area contributed by atoms with E-state index in [9.17, 15) is 4.79 Å². The minimum Gasteiger partial charge on any atom is -0.396 e. The molecule has 2 N–H and O–H groups in total. The molecule has 0 amide bonds. The lowest BCUT2D eigenvalue weighted by molar-refractivity contribution is -0.114. The Labute approximate surface area is 74.4 Å². The van der Waals surface area contributed by atoms with Crippen LogP contribution >= 0.6 is 0 Å². The molecule has 0 saturated carbocycles. The normalized spacial score (nSPS) is 8.67. The van der Waals surface area contributed by atoms with Crippen LogP contribution in [0.1, 0.15) is 39.5 Å². The number of aliphatic hydroxyl groups excluding tert-OH is 2. The Balaban J connectivity index is 0. The van der Waals surface area contributed by atoms with Crippen molar-refractivity contribution in [2.45, 2.75) is 39.5 Å². The zero-order chi connectivity index (χ0) is 9.82. The molecule has 0 heterocycles. The number of Topliss-reactive ketones (excluding diaryl/α,β-unsaturated/α-hetero) is 1. The fourth-order valence-corrected chi connectivity index (χ4v) is 0.577. The van der Waals surface area contributed by atoms with Crippen molar-refractivity contribution < 1.29 is 15.0 Å². The van der Waals surface area contributed by atoms with Crippen LogP contribution in [0.15, 0.2) is 0 Å². The van der Waals surface area contributed by atoms with Crippen molar-refractivity contribution in [3.63, 3.8) is 0 Å². The highest BCUT2D eigenvalue weighted by atomic mass is 16.3. The van der Waals surface area contributed by atoms with Gasteiger partial charge in [-0.25, -0.2) is 0 Å². The van der Waals surface area contributed by atoms with E-state index in [4.69, 9.17) is 10.2 Å². The number of hydrogen-bond donors (Lipinski definition) is 2. The van der Waals surface area contributed by atoms with Gasteiger partial charge in [-0.15, -0.1) is 0 Å². The minimum absolute atomic E-state index is 0.167. The Morgan fingerprint density at radius 2 is 1.17 bits per heavy atom. The van der Waals surface area contributed by atoms with Gasteiger partial charge in [-0.1, -0.05) is 12.8 Å². The van der Waals surface area contributed by atoms with Crippen LogP contribution in [0, 0.1) is 0 Å². The summed E-state index contributed by atoms with van der Waals surface area (Å²) in [7, 11) is 0. The summed E-state index contributed by atoms with van der Waals surface area (Å²) in [5.41, 5.74) is 0. The molecule has 0 rings (SSSR count). The molecular formula is C9H20O3. The second kappa shape index (κ2) is 13.2. The average molecular weight is 176 g/mol. The number of aliphatic hydroxyl groups is 2. The van der Waals surface area contributed by atoms with Crippen LogP contribution in [0.4, 0.5) is 0 Å². The molecule has 0 radical (unpaired) electrons. The van der Waals surface area contributed by atoms with E-state index >= 15 is 0 Å². The molecular weight excluding hydrogens is 156 g/mol. The second-order valence-corrected chi connectivity index (χ2v) is 2.77. The van der Waals surface area contributed by atoms with Crippen molar-refractivity contribution in [3.8, 4) is 0 Å². The summed E-state index contributed by atoms with van der Waals surface area (Å²) in [6, 6.07) is 0. The van der Waals surface area contributed by atoms with Gasteiger partial charge >= 0.3 is 0 Å². The summed E-state index contributed by atoms with van der Waals surface area (Å²) >= 11 is 0. The number of rotatable bonds is 5. The number of carbonyl (C=O) groups is 1. The van der Waals surface area contributed by atoms with E-state index < -0.39 is 0 Å². The molecule has 0 unspecified atom stereocenters. The highest BCUT2D eigenvalue weighted by Crippen LogP contribution is 1.96. The van der Waals surface area contributed by atoms with Crippen LogP contribution in [-0.4, -0.2) is 29.2 Å². The molecule has 0 saturated heterocycles. The third kappa shape index (κ3) is 33.6. The predicted molar refractivity (Wildman–Crippen MR) is 49.0 cm³/mol. The number of unbranched alkanes of at least 4 members (excludes halogenated alkanes) is 3. The summed E-state index contributed by atoms with van der Waals surface area (Å²) in [6.07, 6.45) is 3.83. The summed E-state index contributed by atoms with van der Waals surface area (Å²) in [4.78, 5) is 9.44. The molecule has 0 aliphatic rings. The molecule has 0 aliphatic heterocycles. The molecule has 74 valence electrons. The van der Waals surface area contributed by atoms with Gasteiger partial charge in [0.1, 0.15) is 5.78 Å². The molecule has 3 heteroatoms. The van der Waals surface area contributed by atoms with Crippen LogP contribution in [0.25, 0.3) is 0 Å². The Morgan fingerprint density at radius 1 is 0.917 bits per heavy atom. The van der Waals surface area contributed by atoms with Gasteiger partial charge < -0.3 is 15.0 Å². The zero-order valence-electron chi connectivity index (χ0n) is 8.05. The zero-order valence-corrected chi connectivity index (χ0v) is 8.05. The number of carbonyl (C=O) groups excluding carboxylic acids is 1. The number of ketones is 1. The van der Waals surface area contributed by atoms with Crippen molar-refractivity contribution in [3.05, 3.63) is 0 Å². The largest absolute Gasteiger partial charge is 0.396 e. The van der Waals surface area contributed by atoms with Crippen LogP contribution in [-0.2, 0) is 4.79 Å². The molecule has 0 aromatic carbocycles. The van der Waals surface area contributed by atoms with Crippen LogP contribution in [0.3, 0.4) is 0 Å². The van der Waals surface area contributed by atoms with Crippen molar-refractivity contribution in [1.82, 2.24) is 0 Å². The van der Waals surface area contributed by atoms with Crippen LogP contribution in [0.5, 0.6) is 0 Å². The summed E-state index contributed by atoms with van der Waals surface area (Å²) in [5.74, 6) is 0.167. The fraction of sp³-hybridized carbons (Fsp3) is 0.889.